The first kappa shape index (κ1) is 24.9. The number of hydrogen-bond donors (Lipinski definition) is 1. The first-order chi connectivity index (χ1) is 14.9. The highest BCUT2D eigenvalue weighted by atomic mass is 16.5. The van der Waals surface area contributed by atoms with Crippen LogP contribution < -0.4 is 15.7 Å². The van der Waals surface area contributed by atoms with Crippen molar-refractivity contribution in [1.82, 2.24) is 10.2 Å². The number of aryl methyl sites for hydroxylation is 1. The number of hydrogen-bond acceptors (Lipinski definition) is 7. The van der Waals surface area contributed by atoms with Gasteiger partial charge in [0.05, 0.1) is 13.7 Å². The van der Waals surface area contributed by atoms with Gasteiger partial charge < -0.3 is 24.1 Å². The molecule has 0 aliphatic carbocycles. The van der Waals surface area contributed by atoms with Gasteiger partial charge in [0.1, 0.15) is 11.3 Å². The van der Waals surface area contributed by atoms with Crippen LogP contribution in [0.4, 0.5) is 0 Å². The van der Waals surface area contributed by atoms with E-state index in [4.69, 9.17) is 13.9 Å². The molecule has 2 amide bonds. The van der Waals surface area contributed by atoms with Gasteiger partial charge in [0, 0.05) is 36.0 Å². The fourth-order valence-electron chi connectivity index (χ4n) is 3.10. The fourth-order valence-corrected chi connectivity index (χ4v) is 3.10. The summed E-state index contributed by atoms with van der Waals surface area (Å²) in [5.74, 6) is -0.866. The van der Waals surface area contributed by atoms with E-state index in [1.54, 1.807) is 25.1 Å². The summed E-state index contributed by atoms with van der Waals surface area (Å²) in [5, 5.41) is 3.50. The van der Waals surface area contributed by atoms with Crippen molar-refractivity contribution in [2.75, 3.05) is 27.3 Å². The lowest BCUT2D eigenvalue weighted by Gasteiger charge is -2.23. The number of likely N-dealkylation sites (N-methyl/N-ethyl adjacent to an activating group) is 1. The molecule has 1 N–H and O–H groups in total. The molecule has 0 saturated heterocycles. The smallest absolute Gasteiger partial charge is 0.339 e. The second-order valence-electron chi connectivity index (χ2n) is 8.56. The van der Waals surface area contributed by atoms with Crippen LogP contribution in [0.15, 0.2) is 27.4 Å². The largest absolute Gasteiger partial charge is 0.497 e. The maximum atomic E-state index is 12.4. The first-order valence-corrected chi connectivity index (χ1v) is 10.2. The fraction of sp³-hybridized carbons (Fsp3) is 0.478. The predicted octanol–water partition coefficient (Wildman–Crippen LogP) is 1.96. The van der Waals surface area contributed by atoms with Gasteiger partial charge in [-0.25, -0.2) is 4.79 Å². The van der Waals surface area contributed by atoms with Crippen LogP contribution in [0.25, 0.3) is 11.0 Å². The standard InChI is InChI=1S/C23H30N2O7/c1-14-16-8-7-15(30-6)11-18(16)32-22(29)17(14)9-10-21(28)31-13-20(27)25(5)12-19(26)24-23(2,3)4/h7-8,11H,9-10,12-13H2,1-6H3,(H,24,26). The Bertz CT molecular complexity index is 1070. The second kappa shape index (κ2) is 10.3. The van der Waals surface area contributed by atoms with Crippen LogP contribution in [0.5, 0.6) is 5.75 Å². The summed E-state index contributed by atoms with van der Waals surface area (Å²) < 4.78 is 15.5. The van der Waals surface area contributed by atoms with Crippen molar-refractivity contribution in [3.63, 3.8) is 0 Å². The van der Waals surface area contributed by atoms with E-state index in [2.05, 4.69) is 5.32 Å². The molecule has 0 unspecified atom stereocenters. The van der Waals surface area contributed by atoms with Crippen LogP contribution in [0.3, 0.4) is 0 Å². The monoisotopic (exact) mass is 446 g/mol. The highest BCUT2D eigenvalue weighted by Gasteiger charge is 2.19. The molecule has 174 valence electrons. The molecule has 1 aromatic carbocycles. The molecule has 32 heavy (non-hydrogen) atoms. The molecular formula is C23H30N2O7. The summed E-state index contributed by atoms with van der Waals surface area (Å²) in [6.45, 7) is 6.67. The highest BCUT2D eigenvalue weighted by molar-refractivity contribution is 5.86. The summed E-state index contributed by atoms with van der Waals surface area (Å²) in [6, 6.07) is 5.18. The summed E-state index contributed by atoms with van der Waals surface area (Å²) >= 11 is 0. The Kier molecular flexibility index (Phi) is 8.02. The molecule has 9 heteroatoms. The molecule has 0 aliphatic rings. The molecule has 0 atom stereocenters. The van der Waals surface area contributed by atoms with Gasteiger partial charge in [-0.3, -0.25) is 14.4 Å². The predicted molar refractivity (Wildman–Crippen MR) is 119 cm³/mol. The van der Waals surface area contributed by atoms with Crippen molar-refractivity contribution in [2.45, 2.75) is 46.1 Å². The van der Waals surface area contributed by atoms with Crippen molar-refractivity contribution in [3.05, 3.63) is 39.7 Å². The van der Waals surface area contributed by atoms with E-state index in [1.165, 1.54) is 19.1 Å². The number of benzene rings is 1. The topological polar surface area (TPSA) is 115 Å². The summed E-state index contributed by atoms with van der Waals surface area (Å²) in [7, 11) is 2.98. The second-order valence-corrected chi connectivity index (χ2v) is 8.56. The van der Waals surface area contributed by atoms with E-state index in [-0.39, 0.29) is 25.3 Å². The van der Waals surface area contributed by atoms with E-state index >= 15 is 0 Å². The number of carbonyl (C=O) groups excluding carboxylic acids is 3. The van der Waals surface area contributed by atoms with Crippen LogP contribution in [-0.2, 0) is 25.5 Å². The van der Waals surface area contributed by atoms with Crippen molar-refractivity contribution in [1.29, 1.82) is 0 Å². The number of methoxy groups -OCH3 is 1. The third kappa shape index (κ3) is 6.83. The Hall–Kier alpha value is -3.36. The minimum Gasteiger partial charge on any atom is -0.497 e. The molecule has 0 fully saturated rings. The number of fused-ring (bicyclic) bond motifs is 1. The zero-order chi connectivity index (χ0) is 24.1. The molecule has 2 rings (SSSR count). The van der Waals surface area contributed by atoms with Crippen LogP contribution in [-0.4, -0.2) is 55.5 Å². The summed E-state index contributed by atoms with van der Waals surface area (Å²) in [4.78, 5) is 49.7. The third-order valence-corrected chi connectivity index (χ3v) is 4.75. The van der Waals surface area contributed by atoms with Crippen molar-refractivity contribution < 1.29 is 28.3 Å². The molecule has 1 heterocycles. The maximum Gasteiger partial charge on any atom is 0.339 e. The van der Waals surface area contributed by atoms with Crippen molar-refractivity contribution in [2.24, 2.45) is 0 Å². The normalized spacial score (nSPS) is 11.2. The lowest BCUT2D eigenvalue weighted by molar-refractivity contribution is -0.152. The Morgan fingerprint density at radius 1 is 1.19 bits per heavy atom. The quantitative estimate of drug-likeness (QED) is 0.487. The Morgan fingerprint density at radius 3 is 2.50 bits per heavy atom. The zero-order valence-electron chi connectivity index (χ0n) is 19.4. The maximum absolute atomic E-state index is 12.4. The van der Waals surface area contributed by atoms with Crippen LogP contribution in [0, 0.1) is 6.92 Å². The van der Waals surface area contributed by atoms with Gasteiger partial charge in [0.25, 0.3) is 5.91 Å². The van der Waals surface area contributed by atoms with E-state index < -0.39 is 29.6 Å². The van der Waals surface area contributed by atoms with Gasteiger partial charge in [-0.05, 0) is 51.8 Å². The molecule has 1 aromatic heterocycles. The summed E-state index contributed by atoms with van der Waals surface area (Å²) in [6.07, 6.45) is 0.0295. The number of nitrogens with one attached hydrogen (secondary N) is 1. The summed E-state index contributed by atoms with van der Waals surface area (Å²) in [5.41, 5.74) is 0.556. The van der Waals surface area contributed by atoms with Crippen molar-refractivity contribution in [3.8, 4) is 5.75 Å². The SMILES string of the molecule is COc1ccc2c(C)c(CCC(=O)OCC(=O)N(C)CC(=O)NC(C)(C)C)c(=O)oc2c1. The average Bonchev–Trinajstić information content (AvgIpc) is 2.69. The Morgan fingerprint density at radius 2 is 1.88 bits per heavy atom. The lowest BCUT2D eigenvalue weighted by atomic mass is 10.0. The number of carbonyl (C=O) groups is 3. The van der Waals surface area contributed by atoms with E-state index in [1.807, 2.05) is 20.8 Å². The van der Waals surface area contributed by atoms with Gasteiger partial charge >= 0.3 is 11.6 Å². The number of rotatable bonds is 8. The molecule has 9 nitrogen and oxygen atoms in total. The molecule has 0 spiro atoms. The number of amides is 2. The van der Waals surface area contributed by atoms with E-state index in [0.717, 1.165) is 5.39 Å². The number of nitrogens with zero attached hydrogens (tertiary/aromatic N) is 1. The molecule has 0 aliphatic heterocycles. The van der Waals surface area contributed by atoms with Gasteiger partial charge in [-0.2, -0.15) is 0 Å². The molecule has 2 aromatic rings. The minimum atomic E-state index is -0.625. The van der Waals surface area contributed by atoms with Gasteiger partial charge in [-0.1, -0.05) is 0 Å². The minimum absolute atomic E-state index is 0.0885. The van der Waals surface area contributed by atoms with Crippen LogP contribution >= 0.6 is 0 Å². The number of esters is 1. The molecular weight excluding hydrogens is 416 g/mol. The first-order valence-electron chi connectivity index (χ1n) is 10.2. The lowest BCUT2D eigenvalue weighted by Crippen LogP contribution is -2.46. The van der Waals surface area contributed by atoms with Gasteiger partial charge in [-0.15, -0.1) is 0 Å². The highest BCUT2D eigenvalue weighted by Crippen LogP contribution is 2.24. The molecule has 0 bridgehead atoms. The van der Waals surface area contributed by atoms with Crippen LogP contribution in [0.2, 0.25) is 0 Å². The van der Waals surface area contributed by atoms with Crippen molar-refractivity contribution >= 4 is 28.8 Å². The Labute approximate surface area is 186 Å². The number of ether oxygens (including phenoxy) is 2. The zero-order valence-corrected chi connectivity index (χ0v) is 19.4. The Balaban J connectivity index is 1.91. The molecule has 0 saturated carbocycles. The van der Waals surface area contributed by atoms with Gasteiger partial charge in [0.2, 0.25) is 5.91 Å². The van der Waals surface area contributed by atoms with Crippen LogP contribution in [0.1, 0.15) is 38.3 Å². The molecule has 0 radical (unpaired) electrons. The third-order valence-electron chi connectivity index (χ3n) is 4.75. The van der Waals surface area contributed by atoms with E-state index in [9.17, 15) is 19.2 Å². The van der Waals surface area contributed by atoms with E-state index in [0.29, 0.717) is 22.5 Å². The average molecular weight is 447 g/mol. The van der Waals surface area contributed by atoms with Gasteiger partial charge in [0.15, 0.2) is 6.61 Å².